The third kappa shape index (κ3) is 4.73. The highest BCUT2D eigenvalue weighted by Crippen LogP contribution is 2.32. The molecule has 0 radical (unpaired) electrons. The maximum atomic E-state index is 12.7. The zero-order chi connectivity index (χ0) is 23.1. The van der Waals surface area contributed by atoms with Crippen LogP contribution in [0.3, 0.4) is 0 Å². The van der Waals surface area contributed by atoms with Crippen molar-refractivity contribution in [2.75, 3.05) is 5.32 Å². The van der Waals surface area contributed by atoms with Crippen LogP contribution in [-0.2, 0) is 4.79 Å². The van der Waals surface area contributed by atoms with E-state index in [0.717, 1.165) is 4.90 Å². The number of amides is 4. The molecule has 31 heavy (non-hydrogen) atoms. The molecule has 0 spiro atoms. The number of hydrogen-bond donors (Lipinski definition) is 2. The van der Waals surface area contributed by atoms with Gasteiger partial charge >= 0.3 is 0 Å². The Labute approximate surface area is 189 Å². The number of rotatable bonds is 4. The van der Waals surface area contributed by atoms with Gasteiger partial charge in [-0.25, -0.2) is 0 Å². The van der Waals surface area contributed by atoms with Crippen molar-refractivity contribution in [2.24, 2.45) is 0 Å². The predicted octanol–water partition coefficient (Wildman–Crippen LogP) is 4.14. The van der Waals surface area contributed by atoms with Crippen LogP contribution in [0.4, 0.5) is 5.69 Å². The summed E-state index contributed by atoms with van der Waals surface area (Å²) in [6, 6.07) is 7.88. The molecular weight excluding hydrogens is 441 g/mol. The number of anilines is 1. The highest BCUT2D eigenvalue weighted by atomic mass is 35.5. The molecule has 7 nitrogen and oxygen atoms in total. The highest BCUT2D eigenvalue weighted by molar-refractivity contribution is 6.43. The van der Waals surface area contributed by atoms with Gasteiger partial charge < -0.3 is 10.6 Å². The molecule has 162 valence electrons. The van der Waals surface area contributed by atoms with Crippen molar-refractivity contribution in [3.05, 3.63) is 63.1 Å². The van der Waals surface area contributed by atoms with Crippen molar-refractivity contribution in [1.29, 1.82) is 0 Å². The highest BCUT2D eigenvalue weighted by Gasteiger charge is 2.41. The molecule has 3 rings (SSSR count). The number of nitrogens with one attached hydrogen (secondary N) is 2. The second-order valence-electron chi connectivity index (χ2n) is 8.24. The fourth-order valence-electron chi connectivity index (χ4n) is 3.09. The van der Waals surface area contributed by atoms with Gasteiger partial charge in [-0.05, 0) is 64.1 Å². The lowest BCUT2D eigenvalue weighted by atomic mass is 10.1. The summed E-state index contributed by atoms with van der Waals surface area (Å²) >= 11 is 11.9. The van der Waals surface area contributed by atoms with Gasteiger partial charge in [0.1, 0.15) is 6.04 Å². The molecule has 9 heteroatoms. The fourth-order valence-corrected chi connectivity index (χ4v) is 3.41. The van der Waals surface area contributed by atoms with Crippen molar-refractivity contribution >= 4 is 52.5 Å². The third-order valence-corrected chi connectivity index (χ3v) is 5.35. The first-order valence-electron chi connectivity index (χ1n) is 9.49. The van der Waals surface area contributed by atoms with E-state index in [2.05, 4.69) is 10.6 Å². The minimum Gasteiger partial charge on any atom is -0.347 e. The van der Waals surface area contributed by atoms with Crippen LogP contribution in [-0.4, -0.2) is 40.1 Å². The van der Waals surface area contributed by atoms with E-state index in [1.807, 2.05) is 20.8 Å². The Hall–Kier alpha value is -2.90. The Morgan fingerprint density at radius 3 is 1.87 bits per heavy atom. The molecule has 1 atom stereocenters. The summed E-state index contributed by atoms with van der Waals surface area (Å²) in [6.07, 6.45) is 0. The summed E-state index contributed by atoms with van der Waals surface area (Å²) in [7, 11) is 0. The smallest absolute Gasteiger partial charge is 0.262 e. The van der Waals surface area contributed by atoms with E-state index in [0.29, 0.717) is 11.3 Å². The van der Waals surface area contributed by atoms with E-state index in [-0.39, 0.29) is 32.6 Å². The van der Waals surface area contributed by atoms with Gasteiger partial charge in [0.2, 0.25) is 5.91 Å². The third-order valence-electron chi connectivity index (χ3n) is 4.63. The zero-order valence-corrected chi connectivity index (χ0v) is 18.9. The van der Waals surface area contributed by atoms with Crippen molar-refractivity contribution in [1.82, 2.24) is 10.2 Å². The van der Waals surface area contributed by atoms with Gasteiger partial charge in [-0.3, -0.25) is 24.1 Å². The lowest BCUT2D eigenvalue weighted by molar-refractivity contribution is -0.119. The lowest BCUT2D eigenvalue weighted by Crippen LogP contribution is -2.45. The second-order valence-corrected chi connectivity index (χ2v) is 9.05. The molecule has 2 aromatic carbocycles. The van der Waals surface area contributed by atoms with Crippen LogP contribution in [0.15, 0.2) is 36.4 Å². The molecular formula is C22H21Cl2N3O4. The fraction of sp³-hybridized carbons (Fsp3) is 0.273. The van der Waals surface area contributed by atoms with Crippen molar-refractivity contribution in [3.63, 3.8) is 0 Å². The molecule has 0 aliphatic carbocycles. The van der Waals surface area contributed by atoms with E-state index in [1.54, 1.807) is 24.3 Å². The van der Waals surface area contributed by atoms with E-state index >= 15 is 0 Å². The second kappa shape index (κ2) is 8.32. The van der Waals surface area contributed by atoms with Crippen LogP contribution in [0.5, 0.6) is 0 Å². The number of carbonyl (C=O) groups excluding carboxylic acids is 4. The maximum Gasteiger partial charge on any atom is 0.262 e. The minimum atomic E-state index is -1.08. The molecule has 1 aliphatic heterocycles. The molecule has 1 heterocycles. The molecule has 0 bridgehead atoms. The molecule has 0 fully saturated rings. The predicted molar refractivity (Wildman–Crippen MR) is 119 cm³/mol. The Morgan fingerprint density at radius 1 is 0.935 bits per heavy atom. The molecule has 2 N–H and O–H groups in total. The minimum absolute atomic E-state index is 0.105. The summed E-state index contributed by atoms with van der Waals surface area (Å²) < 4.78 is 0. The van der Waals surface area contributed by atoms with Gasteiger partial charge in [-0.2, -0.15) is 0 Å². The summed E-state index contributed by atoms with van der Waals surface area (Å²) in [5.41, 5.74) is 0.698. The SMILES string of the molecule is CC(C(=O)Nc1ccc(C(=O)NC(C)(C)C)cc1)N1C(=O)c2cc(Cl)c(Cl)cc2C1=O. The molecule has 0 saturated carbocycles. The quantitative estimate of drug-likeness (QED) is 0.668. The monoisotopic (exact) mass is 461 g/mol. The summed E-state index contributed by atoms with van der Waals surface area (Å²) in [5, 5.41) is 5.80. The summed E-state index contributed by atoms with van der Waals surface area (Å²) in [6.45, 7) is 7.08. The number of carbonyl (C=O) groups is 4. The average Bonchev–Trinajstić information content (AvgIpc) is 2.91. The Bertz CT molecular complexity index is 1050. The first kappa shape index (κ1) is 22.8. The van der Waals surface area contributed by atoms with Crippen LogP contribution in [0.2, 0.25) is 10.0 Å². The Balaban J connectivity index is 1.72. The topological polar surface area (TPSA) is 95.6 Å². The molecule has 0 saturated heterocycles. The number of hydrogen-bond acceptors (Lipinski definition) is 4. The Morgan fingerprint density at radius 2 is 1.42 bits per heavy atom. The first-order chi connectivity index (χ1) is 14.4. The van der Waals surface area contributed by atoms with Gasteiger partial charge in [-0.15, -0.1) is 0 Å². The number of nitrogens with zero attached hydrogens (tertiary/aromatic N) is 1. The van der Waals surface area contributed by atoms with Crippen LogP contribution < -0.4 is 10.6 Å². The first-order valence-corrected chi connectivity index (χ1v) is 10.2. The molecule has 2 aromatic rings. The van der Waals surface area contributed by atoms with Crippen molar-refractivity contribution < 1.29 is 19.2 Å². The van der Waals surface area contributed by atoms with E-state index < -0.39 is 23.8 Å². The molecule has 1 aliphatic rings. The van der Waals surface area contributed by atoms with Gasteiger partial charge in [-0.1, -0.05) is 23.2 Å². The van der Waals surface area contributed by atoms with Crippen LogP contribution in [0.25, 0.3) is 0 Å². The largest absolute Gasteiger partial charge is 0.347 e. The van der Waals surface area contributed by atoms with Gasteiger partial charge in [0.25, 0.3) is 17.7 Å². The van der Waals surface area contributed by atoms with Gasteiger partial charge in [0.15, 0.2) is 0 Å². The van der Waals surface area contributed by atoms with Crippen molar-refractivity contribution in [2.45, 2.75) is 39.3 Å². The van der Waals surface area contributed by atoms with Gasteiger partial charge in [0.05, 0.1) is 21.2 Å². The van der Waals surface area contributed by atoms with Crippen molar-refractivity contribution in [3.8, 4) is 0 Å². The standard InChI is InChI=1S/C22H21Cl2N3O4/c1-11(27-20(30)14-9-16(23)17(24)10-15(14)21(27)31)18(28)25-13-7-5-12(6-8-13)19(29)26-22(2,3)4/h5-11H,1-4H3,(H,25,28)(H,26,29). The van der Waals surface area contributed by atoms with Crippen LogP contribution in [0.1, 0.15) is 58.8 Å². The van der Waals surface area contributed by atoms with E-state index in [1.165, 1.54) is 19.1 Å². The number of imide groups is 1. The average molecular weight is 462 g/mol. The maximum absolute atomic E-state index is 12.7. The number of benzene rings is 2. The van der Waals surface area contributed by atoms with E-state index in [9.17, 15) is 19.2 Å². The number of halogens is 2. The van der Waals surface area contributed by atoms with Crippen LogP contribution in [0, 0.1) is 0 Å². The van der Waals surface area contributed by atoms with Gasteiger partial charge in [0, 0.05) is 16.8 Å². The molecule has 1 unspecified atom stereocenters. The number of fused-ring (bicyclic) bond motifs is 1. The zero-order valence-electron chi connectivity index (χ0n) is 17.4. The molecule has 0 aromatic heterocycles. The summed E-state index contributed by atoms with van der Waals surface area (Å²) in [4.78, 5) is 51.1. The Kier molecular flexibility index (Phi) is 6.11. The van der Waals surface area contributed by atoms with E-state index in [4.69, 9.17) is 23.2 Å². The lowest BCUT2D eigenvalue weighted by Gasteiger charge is -2.22. The normalized spacial score (nSPS) is 14.3. The molecule has 4 amide bonds. The van der Waals surface area contributed by atoms with Crippen LogP contribution >= 0.6 is 23.2 Å². The summed E-state index contributed by atoms with van der Waals surface area (Å²) in [5.74, 6) is -2.02.